The first-order chi connectivity index (χ1) is 14.8. The lowest BCUT2D eigenvalue weighted by Crippen LogP contribution is -2.71. The lowest BCUT2D eigenvalue weighted by molar-refractivity contribution is -0.148. The number of carbonyl (C=O) groups excluding carboxylic acids is 2. The minimum Gasteiger partial charge on any atom is -0.477 e. The van der Waals surface area contributed by atoms with Crippen molar-refractivity contribution in [3.8, 4) is 0 Å². The Morgan fingerprint density at radius 3 is 2.77 bits per heavy atom. The van der Waals surface area contributed by atoms with E-state index in [-0.39, 0.29) is 11.6 Å². The summed E-state index contributed by atoms with van der Waals surface area (Å²) in [4.78, 5) is 51.2. The first-order valence-electron chi connectivity index (χ1n) is 9.21. The molecule has 4 heterocycles. The number of amides is 2. The molecule has 0 spiro atoms. The quantitative estimate of drug-likeness (QED) is 0.387. The van der Waals surface area contributed by atoms with E-state index in [0.717, 1.165) is 0 Å². The molecule has 0 aromatic carbocycles. The van der Waals surface area contributed by atoms with Crippen LogP contribution in [0.5, 0.6) is 0 Å². The largest absolute Gasteiger partial charge is 0.477 e. The highest BCUT2D eigenvalue weighted by Crippen LogP contribution is 2.47. The summed E-state index contributed by atoms with van der Waals surface area (Å²) in [6, 6.07) is 2.87. The molecule has 9 nitrogen and oxygen atoms in total. The van der Waals surface area contributed by atoms with Crippen molar-refractivity contribution in [2.75, 3.05) is 24.7 Å². The normalized spacial score (nSPS) is 20.6. The van der Waals surface area contributed by atoms with Crippen LogP contribution in [0.1, 0.15) is 11.8 Å². The molecule has 2 atom stereocenters. The molecular weight excluding hydrogens is 458 g/mol. The topological polar surface area (TPSA) is 106 Å². The number of aromatic nitrogens is 1. The molecule has 31 heavy (non-hydrogen) atoms. The molecule has 1 fully saturated rings. The summed E-state index contributed by atoms with van der Waals surface area (Å²) in [7, 11) is 3.68. The first-order valence-corrected chi connectivity index (χ1v) is 11.9. The van der Waals surface area contributed by atoms with Gasteiger partial charge in [-0.25, -0.2) is 14.8 Å². The average Bonchev–Trinajstić information content (AvgIpc) is 3.40. The molecule has 2 unspecified atom stereocenters. The zero-order chi connectivity index (χ0) is 22.3. The fraction of sp³-hybridized carbons (Fsp3) is 0.316. The van der Waals surface area contributed by atoms with Gasteiger partial charge in [0.15, 0.2) is 0 Å². The van der Waals surface area contributed by atoms with Crippen molar-refractivity contribution in [2.45, 2.75) is 18.3 Å². The summed E-state index contributed by atoms with van der Waals surface area (Å²) in [6.07, 6.45) is 3.20. The monoisotopic (exact) mass is 477 g/mol. The molecule has 1 N–H and O–H groups in total. The van der Waals surface area contributed by atoms with Gasteiger partial charge in [0.2, 0.25) is 11.0 Å². The van der Waals surface area contributed by atoms with Gasteiger partial charge in [0.1, 0.15) is 17.1 Å². The summed E-state index contributed by atoms with van der Waals surface area (Å²) in [5.41, 5.74) is 0.487. The number of carboxylic acid groups (broad SMARTS) is 1. The zero-order valence-electron chi connectivity index (χ0n) is 16.9. The minimum atomic E-state index is -1.18. The smallest absolute Gasteiger partial charge is 0.353 e. The van der Waals surface area contributed by atoms with Gasteiger partial charge in [0, 0.05) is 38.5 Å². The third-order valence-corrected chi connectivity index (χ3v) is 7.79. The number of aliphatic carboxylic acids is 1. The predicted molar refractivity (Wildman–Crippen MR) is 123 cm³/mol. The number of β-lactam (4-membered cyclic amide) rings is 1. The van der Waals surface area contributed by atoms with E-state index in [2.05, 4.69) is 9.98 Å². The van der Waals surface area contributed by atoms with Crippen LogP contribution >= 0.6 is 34.4 Å². The van der Waals surface area contributed by atoms with E-state index in [1.54, 1.807) is 23.5 Å². The van der Waals surface area contributed by atoms with E-state index in [4.69, 9.17) is 0 Å². The van der Waals surface area contributed by atoms with Gasteiger partial charge < -0.3 is 10.0 Å². The summed E-state index contributed by atoms with van der Waals surface area (Å²) >= 11 is 4.08. The second kappa shape index (κ2) is 8.44. The molecule has 0 saturated carbocycles. The highest BCUT2D eigenvalue weighted by Gasteiger charge is 2.57. The number of aliphatic imine (C=N–C) groups is 1. The van der Waals surface area contributed by atoms with Gasteiger partial charge >= 0.3 is 5.97 Å². The summed E-state index contributed by atoms with van der Waals surface area (Å²) in [6.45, 7) is 1.41. The van der Waals surface area contributed by atoms with Gasteiger partial charge in [-0.15, -0.1) is 23.1 Å². The maximum absolute atomic E-state index is 13.1. The second-order valence-corrected chi connectivity index (χ2v) is 10.1. The van der Waals surface area contributed by atoms with Gasteiger partial charge in [-0.1, -0.05) is 11.3 Å². The average molecular weight is 478 g/mol. The van der Waals surface area contributed by atoms with E-state index in [1.165, 1.54) is 51.2 Å². The van der Waals surface area contributed by atoms with Gasteiger partial charge in [-0.3, -0.25) is 19.4 Å². The Labute approximate surface area is 190 Å². The molecule has 1 saturated heterocycles. The lowest BCUT2D eigenvalue weighted by atomic mass is 10.0. The van der Waals surface area contributed by atoms with E-state index in [9.17, 15) is 19.5 Å². The molecule has 0 radical (unpaired) electrons. The van der Waals surface area contributed by atoms with Crippen LogP contribution in [0.15, 0.2) is 34.4 Å². The SMILES string of the molecule is CC(=O)N(c1cccs1)C1C(=O)N2C(C(=O)O)=C(c3cnc(N=CN(C)C)s3)CSC12. The minimum absolute atomic E-state index is 0.0496. The van der Waals surface area contributed by atoms with Crippen molar-refractivity contribution in [3.05, 3.63) is 34.3 Å². The highest BCUT2D eigenvalue weighted by atomic mass is 32.2. The Morgan fingerprint density at radius 1 is 1.39 bits per heavy atom. The summed E-state index contributed by atoms with van der Waals surface area (Å²) in [5, 5.41) is 12.5. The molecule has 4 rings (SSSR count). The molecule has 2 aromatic heterocycles. The van der Waals surface area contributed by atoms with Crippen molar-refractivity contribution < 1.29 is 19.5 Å². The Balaban J connectivity index is 1.67. The number of thiophene rings is 1. The number of hydrogen-bond donors (Lipinski definition) is 1. The number of thiazole rings is 1. The molecule has 12 heteroatoms. The van der Waals surface area contributed by atoms with Crippen LogP contribution in [-0.4, -0.2) is 75.3 Å². The van der Waals surface area contributed by atoms with Crippen molar-refractivity contribution in [1.82, 2.24) is 14.8 Å². The van der Waals surface area contributed by atoms with Crippen molar-refractivity contribution >= 4 is 74.3 Å². The van der Waals surface area contributed by atoms with Crippen LogP contribution in [0.3, 0.4) is 0 Å². The summed E-state index contributed by atoms with van der Waals surface area (Å²) < 4.78 is 0. The number of anilines is 1. The van der Waals surface area contributed by atoms with Gasteiger partial charge in [0.05, 0.1) is 16.2 Å². The van der Waals surface area contributed by atoms with Crippen molar-refractivity contribution in [1.29, 1.82) is 0 Å². The maximum atomic E-state index is 13.1. The number of carbonyl (C=O) groups is 3. The van der Waals surface area contributed by atoms with Crippen LogP contribution in [-0.2, 0) is 14.4 Å². The zero-order valence-corrected chi connectivity index (χ0v) is 19.3. The number of carboxylic acids is 1. The molecule has 2 aromatic rings. The molecule has 2 amide bonds. The van der Waals surface area contributed by atoms with Crippen LogP contribution in [0.25, 0.3) is 5.57 Å². The third kappa shape index (κ3) is 3.86. The van der Waals surface area contributed by atoms with Crippen LogP contribution < -0.4 is 4.90 Å². The number of thioether (sulfide) groups is 1. The Morgan fingerprint density at radius 2 is 2.16 bits per heavy atom. The highest BCUT2D eigenvalue weighted by molar-refractivity contribution is 8.00. The van der Waals surface area contributed by atoms with Gasteiger partial charge in [0.25, 0.3) is 5.91 Å². The molecule has 0 aliphatic carbocycles. The van der Waals surface area contributed by atoms with Gasteiger partial charge in [-0.05, 0) is 17.5 Å². The Hall–Kier alpha value is -2.70. The Bertz CT molecular complexity index is 1090. The van der Waals surface area contributed by atoms with E-state index in [1.807, 2.05) is 25.5 Å². The molecule has 0 bridgehead atoms. The fourth-order valence-electron chi connectivity index (χ4n) is 3.42. The molecule has 162 valence electrons. The Kier molecular flexibility index (Phi) is 5.86. The van der Waals surface area contributed by atoms with Gasteiger partial charge in [-0.2, -0.15) is 0 Å². The molecule has 2 aliphatic heterocycles. The molecular formula is C19H19N5O4S3. The van der Waals surface area contributed by atoms with Crippen LogP contribution in [0.2, 0.25) is 0 Å². The van der Waals surface area contributed by atoms with Crippen molar-refractivity contribution in [2.24, 2.45) is 4.99 Å². The van der Waals surface area contributed by atoms with E-state index >= 15 is 0 Å². The second-order valence-electron chi connectivity index (χ2n) is 7.04. The molecule has 2 aliphatic rings. The number of fused-ring (bicyclic) bond motifs is 1. The van der Waals surface area contributed by atoms with Crippen molar-refractivity contribution in [3.63, 3.8) is 0 Å². The van der Waals surface area contributed by atoms with Crippen LogP contribution in [0.4, 0.5) is 10.1 Å². The number of nitrogens with zero attached hydrogens (tertiary/aromatic N) is 5. The first kappa shape index (κ1) is 21.5. The predicted octanol–water partition coefficient (Wildman–Crippen LogP) is 2.56. The van der Waals surface area contributed by atoms with E-state index < -0.39 is 23.3 Å². The lowest BCUT2D eigenvalue weighted by Gasteiger charge is -2.52. The maximum Gasteiger partial charge on any atom is 0.353 e. The third-order valence-electron chi connectivity index (χ3n) is 4.69. The standard InChI is InChI=1S/C19H19N5O4S3/c1-10(25)23(13-5-4-6-29-13)15-16(26)24-14(18(27)28)11(8-30-17(15)24)12-7-20-19(31-12)21-9-22(2)3/h4-7,9,15,17H,8H2,1-3H3,(H,27,28). The fourth-order valence-corrected chi connectivity index (χ4v) is 6.53. The summed E-state index contributed by atoms with van der Waals surface area (Å²) in [5.74, 6) is -1.43. The number of rotatable bonds is 6. The number of hydrogen-bond acceptors (Lipinski definition) is 8. The van der Waals surface area contributed by atoms with E-state index in [0.29, 0.717) is 26.3 Å². The van der Waals surface area contributed by atoms with Crippen LogP contribution in [0, 0.1) is 0 Å².